The van der Waals surface area contributed by atoms with E-state index in [-0.39, 0.29) is 6.04 Å². The highest BCUT2D eigenvalue weighted by Gasteiger charge is 2.41. The van der Waals surface area contributed by atoms with Crippen LogP contribution >= 0.6 is 0 Å². The molecule has 0 aromatic heterocycles. The summed E-state index contributed by atoms with van der Waals surface area (Å²) < 4.78 is 0. The molecule has 2 aliphatic heterocycles. The van der Waals surface area contributed by atoms with Gasteiger partial charge in [0, 0.05) is 19.1 Å². The Morgan fingerprint density at radius 2 is 1.90 bits per heavy atom. The third-order valence-electron chi connectivity index (χ3n) is 4.53. The summed E-state index contributed by atoms with van der Waals surface area (Å²) in [4.78, 5) is 16.3. The van der Waals surface area contributed by atoms with Gasteiger partial charge in [-0.05, 0) is 31.7 Å². The predicted octanol–water partition coefficient (Wildman–Crippen LogP) is 1.54. The molecular weight excluding hydrogens is 252 g/mol. The zero-order valence-corrected chi connectivity index (χ0v) is 11.9. The van der Waals surface area contributed by atoms with Crippen LogP contribution in [-0.2, 0) is 4.79 Å². The van der Waals surface area contributed by atoms with Gasteiger partial charge in [0.25, 0.3) is 0 Å². The Hall–Kier alpha value is -1.65. The average molecular weight is 272 g/mol. The Labute approximate surface area is 119 Å². The molecule has 4 heteroatoms. The highest BCUT2D eigenvalue weighted by atomic mass is 16.4. The molecule has 106 valence electrons. The summed E-state index contributed by atoms with van der Waals surface area (Å²) in [6.45, 7) is 1.78. The van der Waals surface area contributed by atoms with E-state index < -0.39 is 5.97 Å². The van der Waals surface area contributed by atoms with Crippen LogP contribution in [-0.4, -0.2) is 60.1 Å². The topological polar surface area (TPSA) is 43.8 Å². The van der Waals surface area contributed by atoms with Crippen LogP contribution in [0, 0.1) is 0 Å². The van der Waals surface area contributed by atoms with Crippen LogP contribution in [0.1, 0.15) is 12.0 Å². The average Bonchev–Trinajstić information content (AvgIpc) is 2.41. The maximum absolute atomic E-state index is 11.8. The quantitative estimate of drug-likeness (QED) is 0.887. The van der Waals surface area contributed by atoms with Gasteiger partial charge in [-0.2, -0.15) is 0 Å². The second-order valence-electron chi connectivity index (χ2n) is 5.82. The maximum Gasteiger partial charge on any atom is 0.333 e. The Kier molecular flexibility index (Phi) is 3.36. The minimum Gasteiger partial charge on any atom is -0.478 e. The van der Waals surface area contributed by atoms with Gasteiger partial charge in [0.2, 0.25) is 0 Å². The number of carboxylic acid groups (broad SMARTS) is 1. The first-order valence-electron chi connectivity index (χ1n) is 7.00. The normalized spacial score (nSPS) is 27.7. The molecule has 0 saturated carbocycles. The van der Waals surface area contributed by atoms with Crippen molar-refractivity contribution < 1.29 is 9.90 Å². The monoisotopic (exact) mass is 272 g/mol. The number of piperazine rings is 1. The summed E-state index contributed by atoms with van der Waals surface area (Å²) in [6, 6.07) is 10.3. The highest BCUT2D eigenvalue weighted by molar-refractivity contribution is 5.98. The number of carbonyl (C=O) groups is 1. The lowest BCUT2D eigenvalue weighted by molar-refractivity contribution is -0.134. The molecule has 1 aromatic carbocycles. The van der Waals surface area contributed by atoms with Gasteiger partial charge in [-0.1, -0.05) is 30.3 Å². The summed E-state index contributed by atoms with van der Waals surface area (Å²) in [5.41, 5.74) is 2.64. The number of benzene rings is 1. The molecule has 0 amide bonds. The van der Waals surface area contributed by atoms with E-state index in [4.69, 9.17) is 0 Å². The second-order valence-corrected chi connectivity index (χ2v) is 5.82. The fraction of sp³-hybridized carbons (Fsp3) is 0.438. The van der Waals surface area contributed by atoms with Crippen LogP contribution in [0.3, 0.4) is 0 Å². The fourth-order valence-corrected chi connectivity index (χ4v) is 3.48. The van der Waals surface area contributed by atoms with E-state index in [0.29, 0.717) is 11.6 Å². The number of nitrogens with zero attached hydrogens (tertiary/aromatic N) is 2. The SMILES string of the molecule is CN1CC2CC(c3ccccc3)=C(C(=O)O)C(C1)N2C. The van der Waals surface area contributed by atoms with Gasteiger partial charge in [0.05, 0.1) is 11.6 Å². The molecule has 2 aliphatic rings. The first-order chi connectivity index (χ1) is 9.58. The summed E-state index contributed by atoms with van der Waals surface area (Å²) >= 11 is 0. The van der Waals surface area contributed by atoms with Crippen LogP contribution in [0.25, 0.3) is 5.57 Å². The van der Waals surface area contributed by atoms with E-state index in [0.717, 1.165) is 30.6 Å². The van der Waals surface area contributed by atoms with Crippen LogP contribution < -0.4 is 0 Å². The smallest absolute Gasteiger partial charge is 0.333 e. The molecule has 2 heterocycles. The van der Waals surface area contributed by atoms with Gasteiger partial charge in [-0.3, -0.25) is 4.90 Å². The Morgan fingerprint density at radius 1 is 1.20 bits per heavy atom. The van der Waals surface area contributed by atoms with Crippen LogP contribution in [0.15, 0.2) is 35.9 Å². The number of fused-ring (bicyclic) bond motifs is 2. The van der Waals surface area contributed by atoms with Crippen molar-refractivity contribution in [3.05, 3.63) is 41.5 Å². The van der Waals surface area contributed by atoms with Crippen LogP contribution in [0.2, 0.25) is 0 Å². The second kappa shape index (κ2) is 5.04. The number of hydrogen-bond donors (Lipinski definition) is 1. The van der Waals surface area contributed by atoms with E-state index in [1.54, 1.807) is 0 Å². The Balaban J connectivity index is 2.11. The van der Waals surface area contributed by atoms with Crippen LogP contribution in [0.5, 0.6) is 0 Å². The van der Waals surface area contributed by atoms with Crippen molar-refractivity contribution in [2.45, 2.75) is 18.5 Å². The van der Waals surface area contributed by atoms with Gasteiger partial charge in [0.15, 0.2) is 0 Å². The van der Waals surface area contributed by atoms with E-state index in [1.807, 2.05) is 37.4 Å². The van der Waals surface area contributed by atoms with Gasteiger partial charge >= 0.3 is 5.97 Å². The van der Waals surface area contributed by atoms with Gasteiger partial charge in [0.1, 0.15) is 0 Å². The van der Waals surface area contributed by atoms with E-state index in [1.165, 1.54) is 0 Å². The Morgan fingerprint density at radius 3 is 2.55 bits per heavy atom. The lowest BCUT2D eigenvalue weighted by atomic mass is 9.82. The van der Waals surface area contributed by atoms with E-state index >= 15 is 0 Å². The molecule has 2 bridgehead atoms. The van der Waals surface area contributed by atoms with Crippen molar-refractivity contribution in [3.8, 4) is 0 Å². The number of hydrogen-bond acceptors (Lipinski definition) is 3. The molecule has 0 aliphatic carbocycles. The number of likely N-dealkylation sites (N-methyl/N-ethyl adjacent to an activating group) is 2. The molecule has 20 heavy (non-hydrogen) atoms. The van der Waals surface area contributed by atoms with Crippen molar-refractivity contribution in [1.82, 2.24) is 9.80 Å². The van der Waals surface area contributed by atoms with Gasteiger partial charge in [-0.15, -0.1) is 0 Å². The molecule has 1 fully saturated rings. The van der Waals surface area contributed by atoms with Crippen molar-refractivity contribution in [2.24, 2.45) is 0 Å². The standard InChI is InChI=1S/C16H20N2O2/c1-17-9-12-8-13(11-6-4-3-5-7-11)15(16(19)20)14(10-17)18(12)2/h3-7,12,14H,8-10H2,1-2H3,(H,19,20). The van der Waals surface area contributed by atoms with Crippen molar-refractivity contribution in [2.75, 3.05) is 27.2 Å². The summed E-state index contributed by atoms with van der Waals surface area (Å²) in [5.74, 6) is -0.783. The van der Waals surface area contributed by atoms with Crippen LogP contribution in [0.4, 0.5) is 0 Å². The molecule has 1 N–H and O–H groups in total. The van der Waals surface area contributed by atoms with E-state index in [9.17, 15) is 9.90 Å². The summed E-state index contributed by atoms with van der Waals surface area (Å²) in [6.07, 6.45) is 0.809. The number of aliphatic carboxylic acids is 1. The zero-order chi connectivity index (χ0) is 14.3. The molecule has 2 unspecified atom stereocenters. The molecule has 1 aromatic rings. The van der Waals surface area contributed by atoms with Crippen molar-refractivity contribution in [1.29, 1.82) is 0 Å². The lowest BCUT2D eigenvalue weighted by Crippen LogP contribution is -2.59. The van der Waals surface area contributed by atoms with Crippen molar-refractivity contribution >= 4 is 11.5 Å². The number of carboxylic acids is 1. The third-order valence-corrected chi connectivity index (χ3v) is 4.53. The molecule has 0 spiro atoms. The third kappa shape index (κ3) is 2.15. The lowest BCUT2D eigenvalue weighted by Gasteiger charge is -2.48. The molecule has 3 rings (SSSR count). The van der Waals surface area contributed by atoms with E-state index in [2.05, 4.69) is 16.8 Å². The van der Waals surface area contributed by atoms with Crippen molar-refractivity contribution in [3.63, 3.8) is 0 Å². The predicted molar refractivity (Wildman–Crippen MR) is 78.5 cm³/mol. The first-order valence-corrected chi connectivity index (χ1v) is 7.00. The minimum atomic E-state index is -0.783. The number of rotatable bonds is 2. The molecule has 2 atom stereocenters. The Bertz CT molecular complexity index is 553. The molecule has 0 radical (unpaired) electrons. The zero-order valence-electron chi connectivity index (χ0n) is 11.9. The minimum absolute atomic E-state index is 0.0137. The first kappa shape index (κ1) is 13.3. The maximum atomic E-state index is 11.8. The molecule has 1 saturated heterocycles. The largest absolute Gasteiger partial charge is 0.478 e. The summed E-state index contributed by atoms with van der Waals surface area (Å²) in [7, 11) is 4.12. The highest BCUT2D eigenvalue weighted by Crippen LogP contribution is 2.36. The molecular formula is C16H20N2O2. The van der Waals surface area contributed by atoms with Gasteiger partial charge in [-0.25, -0.2) is 4.79 Å². The molecule has 4 nitrogen and oxygen atoms in total. The summed E-state index contributed by atoms with van der Waals surface area (Å²) in [5, 5.41) is 9.68. The fourth-order valence-electron chi connectivity index (χ4n) is 3.48. The van der Waals surface area contributed by atoms with Gasteiger partial charge < -0.3 is 10.0 Å².